The summed E-state index contributed by atoms with van der Waals surface area (Å²) in [5.41, 5.74) is 4.98. The first-order chi connectivity index (χ1) is 4.66. The second-order valence-corrected chi connectivity index (χ2v) is 2.48. The maximum atomic E-state index is 10.6. The first-order valence-electron chi connectivity index (χ1n) is 2.79. The molecule has 0 aromatic heterocycles. The summed E-state index contributed by atoms with van der Waals surface area (Å²) in [6.45, 7) is 2.10. The van der Waals surface area contributed by atoms with E-state index in [9.17, 15) is 4.79 Å². The molecule has 11 heavy (non-hydrogen) atoms. The third-order valence-electron chi connectivity index (χ3n) is 0.651. The standard InChI is InChI=1S/C5H10N2O2S.BrH/c1-2-9-4(8)3-10-5(6)7;/h2-3H2,1H3,(H3,6,7);1H. The lowest BCUT2D eigenvalue weighted by atomic mass is 10.8. The number of rotatable bonds is 3. The number of nitrogens with two attached hydrogens (primary N) is 1. The van der Waals surface area contributed by atoms with Crippen molar-refractivity contribution in [3.63, 3.8) is 0 Å². The van der Waals surface area contributed by atoms with Crippen LogP contribution in [0.4, 0.5) is 0 Å². The third kappa shape index (κ3) is 9.77. The van der Waals surface area contributed by atoms with Crippen LogP contribution < -0.4 is 5.73 Å². The topological polar surface area (TPSA) is 76.2 Å². The molecule has 0 heterocycles. The van der Waals surface area contributed by atoms with Gasteiger partial charge in [0, 0.05) is 0 Å². The molecule has 0 spiro atoms. The van der Waals surface area contributed by atoms with Crippen molar-refractivity contribution in [1.29, 1.82) is 5.41 Å². The molecule has 6 heteroatoms. The Kier molecular flexibility index (Phi) is 9.57. The molecular formula is C5H11BrN2O2S. The molecule has 0 rings (SSSR count). The van der Waals surface area contributed by atoms with Crippen LogP contribution in [-0.4, -0.2) is 23.5 Å². The van der Waals surface area contributed by atoms with Crippen molar-refractivity contribution in [3.8, 4) is 0 Å². The van der Waals surface area contributed by atoms with E-state index in [0.717, 1.165) is 11.8 Å². The second kappa shape index (κ2) is 7.87. The zero-order valence-electron chi connectivity index (χ0n) is 6.12. The molecule has 0 fully saturated rings. The van der Waals surface area contributed by atoms with Gasteiger partial charge in [-0.05, 0) is 6.92 Å². The molecule has 4 nitrogen and oxygen atoms in total. The molecule has 0 aliphatic rings. The average molecular weight is 243 g/mol. The van der Waals surface area contributed by atoms with E-state index in [1.54, 1.807) is 6.92 Å². The average Bonchev–Trinajstić information content (AvgIpc) is 1.85. The molecule has 0 saturated carbocycles. The highest BCUT2D eigenvalue weighted by molar-refractivity contribution is 8.93. The maximum Gasteiger partial charge on any atom is 0.316 e. The summed E-state index contributed by atoms with van der Waals surface area (Å²) in [7, 11) is 0. The second-order valence-electron chi connectivity index (χ2n) is 1.46. The van der Waals surface area contributed by atoms with E-state index in [4.69, 9.17) is 11.1 Å². The summed E-state index contributed by atoms with van der Waals surface area (Å²) < 4.78 is 4.58. The van der Waals surface area contributed by atoms with E-state index in [-0.39, 0.29) is 33.9 Å². The molecule has 3 N–H and O–H groups in total. The van der Waals surface area contributed by atoms with Crippen LogP contribution in [-0.2, 0) is 9.53 Å². The molecular weight excluding hydrogens is 232 g/mol. The molecule has 0 saturated heterocycles. The van der Waals surface area contributed by atoms with Gasteiger partial charge in [-0.3, -0.25) is 10.2 Å². The summed E-state index contributed by atoms with van der Waals surface area (Å²) in [5.74, 6) is -0.203. The number of thioether (sulfide) groups is 1. The van der Waals surface area contributed by atoms with Gasteiger partial charge < -0.3 is 10.5 Å². The minimum Gasteiger partial charge on any atom is -0.465 e. The van der Waals surface area contributed by atoms with Crippen LogP contribution in [0.1, 0.15) is 6.92 Å². The van der Waals surface area contributed by atoms with Crippen molar-refractivity contribution in [2.75, 3.05) is 12.4 Å². The van der Waals surface area contributed by atoms with Gasteiger partial charge in [0.25, 0.3) is 0 Å². The zero-order chi connectivity index (χ0) is 7.98. The number of esters is 1. The summed E-state index contributed by atoms with van der Waals surface area (Å²) in [4.78, 5) is 10.6. The van der Waals surface area contributed by atoms with Gasteiger partial charge in [0.15, 0.2) is 5.17 Å². The van der Waals surface area contributed by atoms with Crippen LogP contribution in [0.2, 0.25) is 0 Å². The normalized spacial score (nSPS) is 8.09. The van der Waals surface area contributed by atoms with Crippen molar-refractivity contribution < 1.29 is 9.53 Å². The largest absolute Gasteiger partial charge is 0.465 e. The highest BCUT2D eigenvalue weighted by atomic mass is 79.9. The van der Waals surface area contributed by atoms with Crippen LogP contribution in [0.15, 0.2) is 0 Å². The van der Waals surface area contributed by atoms with E-state index in [0.29, 0.717) is 6.61 Å². The Balaban J connectivity index is 0. The highest BCUT2D eigenvalue weighted by Gasteiger charge is 2.01. The Morgan fingerprint density at radius 1 is 1.73 bits per heavy atom. The summed E-state index contributed by atoms with van der Waals surface area (Å²) in [6, 6.07) is 0. The Labute approximate surface area is 80.1 Å². The summed E-state index contributed by atoms with van der Waals surface area (Å²) in [5, 5.41) is 6.69. The highest BCUT2D eigenvalue weighted by Crippen LogP contribution is 1.97. The van der Waals surface area contributed by atoms with Gasteiger partial charge in [-0.15, -0.1) is 17.0 Å². The molecule has 0 atom stereocenters. The Bertz CT molecular complexity index is 142. The monoisotopic (exact) mass is 242 g/mol. The third-order valence-corrected chi connectivity index (χ3v) is 1.34. The first-order valence-corrected chi connectivity index (χ1v) is 3.77. The van der Waals surface area contributed by atoms with Crippen LogP contribution >= 0.6 is 28.7 Å². The number of ether oxygens (including phenoxy) is 1. The molecule has 0 aliphatic heterocycles. The van der Waals surface area contributed by atoms with Gasteiger partial charge in [0.05, 0.1) is 12.4 Å². The lowest BCUT2D eigenvalue weighted by molar-refractivity contribution is -0.139. The summed E-state index contributed by atoms with van der Waals surface area (Å²) >= 11 is 0.966. The number of hydrogen-bond acceptors (Lipinski definition) is 4. The van der Waals surface area contributed by atoms with Crippen LogP contribution in [0.25, 0.3) is 0 Å². The molecule has 66 valence electrons. The molecule has 0 unspecified atom stereocenters. The lowest BCUT2D eigenvalue weighted by Gasteiger charge is -1.98. The zero-order valence-corrected chi connectivity index (χ0v) is 8.65. The van der Waals surface area contributed by atoms with Gasteiger partial charge >= 0.3 is 5.97 Å². The number of amidine groups is 1. The Morgan fingerprint density at radius 2 is 2.27 bits per heavy atom. The predicted octanol–water partition coefficient (Wildman–Crippen LogP) is 0.754. The van der Waals surface area contributed by atoms with Crippen molar-refractivity contribution >= 4 is 39.9 Å². The predicted molar refractivity (Wildman–Crippen MR) is 51.3 cm³/mol. The van der Waals surface area contributed by atoms with Gasteiger partial charge in [-0.1, -0.05) is 11.8 Å². The summed E-state index contributed by atoms with van der Waals surface area (Å²) in [6.07, 6.45) is 0. The van der Waals surface area contributed by atoms with Crippen LogP contribution in [0.3, 0.4) is 0 Å². The van der Waals surface area contributed by atoms with E-state index in [1.807, 2.05) is 0 Å². The number of hydrogen-bond donors (Lipinski definition) is 2. The molecule has 0 bridgehead atoms. The number of nitrogens with one attached hydrogen (secondary N) is 1. The van der Waals surface area contributed by atoms with Crippen LogP contribution in [0.5, 0.6) is 0 Å². The molecule has 0 amide bonds. The van der Waals surface area contributed by atoms with E-state index < -0.39 is 0 Å². The van der Waals surface area contributed by atoms with Crippen molar-refractivity contribution in [2.24, 2.45) is 5.73 Å². The number of halogens is 1. The smallest absolute Gasteiger partial charge is 0.316 e. The maximum absolute atomic E-state index is 10.6. The Hall–Kier alpha value is -0.230. The van der Waals surface area contributed by atoms with Gasteiger partial charge in [0.2, 0.25) is 0 Å². The number of carbonyl (C=O) groups is 1. The molecule has 0 aromatic rings. The van der Waals surface area contributed by atoms with Gasteiger partial charge in [0.1, 0.15) is 0 Å². The molecule has 0 aliphatic carbocycles. The molecule has 0 radical (unpaired) electrons. The van der Waals surface area contributed by atoms with E-state index in [1.165, 1.54) is 0 Å². The fourth-order valence-electron chi connectivity index (χ4n) is 0.339. The fourth-order valence-corrected chi connectivity index (χ4v) is 0.696. The molecule has 0 aromatic carbocycles. The minimum absolute atomic E-state index is 0. The van der Waals surface area contributed by atoms with E-state index >= 15 is 0 Å². The Morgan fingerprint density at radius 3 is 2.64 bits per heavy atom. The van der Waals surface area contributed by atoms with Gasteiger partial charge in [-0.2, -0.15) is 0 Å². The fraction of sp³-hybridized carbons (Fsp3) is 0.600. The van der Waals surface area contributed by atoms with Crippen molar-refractivity contribution in [3.05, 3.63) is 0 Å². The quantitative estimate of drug-likeness (QED) is 0.435. The minimum atomic E-state index is -0.331. The first kappa shape index (κ1) is 13.4. The van der Waals surface area contributed by atoms with Crippen LogP contribution in [0, 0.1) is 5.41 Å². The van der Waals surface area contributed by atoms with E-state index in [2.05, 4.69) is 4.74 Å². The lowest BCUT2D eigenvalue weighted by Crippen LogP contribution is -2.12. The van der Waals surface area contributed by atoms with Crippen molar-refractivity contribution in [1.82, 2.24) is 0 Å². The SMILES string of the molecule is Br.CCOC(=O)CSC(=N)N. The van der Waals surface area contributed by atoms with Crippen molar-refractivity contribution in [2.45, 2.75) is 6.92 Å². The number of carbonyl (C=O) groups excluding carboxylic acids is 1. The van der Waals surface area contributed by atoms with Gasteiger partial charge in [-0.25, -0.2) is 0 Å².